The summed E-state index contributed by atoms with van der Waals surface area (Å²) in [7, 11) is 0. The molecule has 0 aliphatic carbocycles. The zero-order valence-electron chi connectivity index (χ0n) is 10.1. The third-order valence-corrected chi connectivity index (χ3v) is 3.82. The number of rotatable bonds is 4. The number of nitrogens with zero attached hydrogens (tertiary/aromatic N) is 1. The lowest BCUT2D eigenvalue weighted by Gasteiger charge is -2.33. The van der Waals surface area contributed by atoms with E-state index >= 15 is 0 Å². The SMILES string of the molecule is CC1CSCCN1C(=O)N[C@@H](CC(N)=O)C(=O)O. The van der Waals surface area contributed by atoms with Crippen molar-refractivity contribution in [3.63, 3.8) is 0 Å². The van der Waals surface area contributed by atoms with E-state index in [9.17, 15) is 14.4 Å². The van der Waals surface area contributed by atoms with Gasteiger partial charge in [-0.25, -0.2) is 9.59 Å². The number of carboxylic acids is 1. The summed E-state index contributed by atoms with van der Waals surface area (Å²) in [6.45, 7) is 2.47. The molecule has 7 nitrogen and oxygen atoms in total. The van der Waals surface area contributed by atoms with Crippen LogP contribution in [0.5, 0.6) is 0 Å². The first-order valence-electron chi connectivity index (χ1n) is 5.57. The minimum absolute atomic E-state index is 0.0479. The molecule has 2 atom stereocenters. The van der Waals surface area contributed by atoms with Crippen molar-refractivity contribution in [2.24, 2.45) is 5.73 Å². The molecule has 1 unspecified atom stereocenters. The van der Waals surface area contributed by atoms with Gasteiger partial charge >= 0.3 is 12.0 Å². The van der Waals surface area contributed by atoms with Crippen molar-refractivity contribution in [2.75, 3.05) is 18.1 Å². The normalized spacial score (nSPS) is 21.2. The maximum absolute atomic E-state index is 11.9. The molecule has 3 amide bonds. The second-order valence-electron chi connectivity index (χ2n) is 4.13. The molecule has 4 N–H and O–H groups in total. The van der Waals surface area contributed by atoms with Gasteiger partial charge in [0, 0.05) is 24.1 Å². The van der Waals surface area contributed by atoms with Gasteiger partial charge in [-0.3, -0.25) is 4.79 Å². The number of aliphatic carboxylic acids is 1. The number of thioether (sulfide) groups is 1. The van der Waals surface area contributed by atoms with Crippen LogP contribution < -0.4 is 11.1 Å². The van der Waals surface area contributed by atoms with Crippen LogP contribution in [0.4, 0.5) is 4.79 Å². The lowest BCUT2D eigenvalue weighted by molar-refractivity contribution is -0.141. The highest BCUT2D eigenvalue weighted by atomic mass is 32.2. The van der Waals surface area contributed by atoms with Gasteiger partial charge in [-0.05, 0) is 6.92 Å². The Morgan fingerprint density at radius 2 is 2.22 bits per heavy atom. The van der Waals surface area contributed by atoms with Crippen molar-refractivity contribution >= 4 is 29.7 Å². The summed E-state index contributed by atoms with van der Waals surface area (Å²) in [5.74, 6) is -0.377. The predicted molar refractivity (Wildman–Crippen MR) is 67.3 cm³/mol. The Bertz CT molecular complexity index is 350. The van der Waals surface area contributed by atoms with E-state index in [2.05, 4.69) is 5.32 Å². The zero-order valence-corrected chi connectivity index (χ0v) is 10.9. The Kier molecular flexibility index (Phi) is 5.26. The van der Waals surface area contributed by atoms with Gasteiger partial charge in [0.05, 0.1) is 6.42 Å². The molecule has 1 fully saturated rings. The number of carboxylic acid groups (broad SMARTS) is 1. The highest BCUT2D eigenvalue weighted by Crippen LogP contribution is 2.16. The largest absolute Gasteiger partial charge is 0.480 e. The minimum Gasteiger partial charge on any atom is -0.480 e. The number of nitrogens with two attached hydrogens (primary N) is 1. The molecular formula is C10H17N3O4S. The summed E-state index contributed by atoms with van der Waals surface area (Å²) in [6, 6.07) is -1.68. The van der Waals surface area contributed by atoms with Gasteiger partial charge in [0.1, 0.15) is 6.04 Å². The second kappa shape index (κ2) is 6.48. The Labute approximate surface area is 109 Å². The molecular weight excluding hydrogens is 258 g/mol. The topological polar surface area (TPSA) is 113 Å². The van der Waals surface area contributed by atoms with Crippen LogP contribution in [0.3, 0.4) is 0 Å². The van der Waals surface area contributed by atoms with Gasteiger partial charge in [-0.2, -0.15) is 11.8 Å². The number of nitrogens with one attached hydrogen (secondary N) is 1. The molecule has 1 aliphatic heterocycles. The molecule has 1 saturated heterocycles. The lowest BCUT2D eigenvalue weighted by Crippen LogP contribution is -2.54. The summed E-state index contributed by atoms with van der Waals surface area (Å²) < 4.78 is 0. The molecule has 0 aromatic rings. The molecule has 0 bridgehead atoms. The van der Waals surface area contributed by atoms with Crippen LogP contribution in [0.15, 0.2) is 0 Å². The van der Waals surface area contributed by atoms with E-state index in [1.54, 1.807) is 16.7 Å². The molecule has 18 heavy (non-hydrogen) atoms. The van der Waals surface area contributed by atoms with E-state index in [0.29, 0.717) is 6.54 Å². The number of hydrogen-bond donors (Lipinski definition) is 3. The van der Waals surface area contributed by atoms with Crippen molar-refractivity contribution < 1.29 is 19.5 Å². The van der Waals surface area contributed by atoms with Crippen molar-refractivity contribution in [3.05, 3.63) is 0 Å². The fourth-order valence-corrected chi connectivity index (χ4v) is 2.68. The van der Waals surface area contributed by atoms with Gasteiger partial charge in [-0.15, -0.1) is 0 Å². The van der Waals surface area contributed by atoms with Gasteiger partial charge in [0.15, 0.2) is 0 Å². The first kappa shape index (κ1) is 14.6. The van der Waals surface area contributed by atoms with Crippen molar-refractivity contribution in [1.82, 2.24) is 10.2 Å². The Hall–Kier alpha value is -1.44. The molecule has 0 radical (unpaired) electrons. The maximum Gasteiger partial charge on any atom is 0.326 e. The van der Waals surface area contributed by atoms with Crippen molar-refractivity contribution in [1.29, 1.82) is 0 Å². The summed E-state index contributed by atoms with van der Waals surface area (Å²) in [5.41, 5.74) is 4.94. The number of hydrogen-bond acceptors (Lipinski definition) is 4. The molecule has 102 valence electrons. The number of carbonyl (C=O) groups excluding carboxylic acids is 2. The monoisotopic (exact) mass is 275 g/mol. The van der Waals surface area contributed by atoms with Gasteiger partial charge in [0.2, 0.25) is 5.91 Å². The van der Waals surface area contributed by atoms with E-state index in [-0.39, 0.29) is 6.04 Å². The number of carbonyl (C=O) groups is 3. The molecule has 1 rings (SSSR count). The molecule has 0 aromatic heterocycles. The lowest BCUT2D eigenvalue weighted by atomic mass is 10.2. The van der Waals surface area contributed by atoms with Crippen molar-refractivity contribution in [2.45, 2.75) is 25.4 Å². The van der Waals surface area contributed by atoms with Crippen LogP contribution in [0.2, 0.25) is 0 Å². The molecule has 8 heteroatoms. The fraction of sp³-hybridized carbons (Fsp3) is 0.700. The third kappa shape index (κ3) is 4.10. The zero-order chi connectivity index (χ0) is 13.7. The van der Waals surface area contributed by atoms with E-state index in [1.165, 1.54) is 0 Å². The Morgan fingerprint density at radius 3 is 2.72 bits per heavy atom. The number of urea groups is 1. The van der Waals surface area contributed by atoms with Gasteiger partial charge in [0.25, 0.3) is 0 Å². The maximum atomic E-state index is 11.9. The summed E-state index contributed by atoms with van der Waals surface area (Å²) in [6.07, 6.45) is -0.405. The molecule has 1 heterocycles. The van der Waals surface area contributed by atoms with Crippen LogP contribution >= 0.6 is 11.8 Å². The molecule has 0 aromatic carbocycles. The summed E-state index contributed by atoms with van der Waals surface area (Å²) >= 11 is 1.75. The average molecular weight is 275 g/mol. The highest BCUT2D eigenvalue weighted by molar-refractivity contribution is 7.99. The van der Waals surface area contributed by atoms with E-state index in [0.717, 1.165) is 11.5 Å². The highest BCUT2D eigenvalue weighted by Gasteiger charge is 2.28. The van der Waals surface area contributed by atoms with Gasteiger partial charge in [-0.1, -0.05) is 0 Å². The molecule has 0 spiro atoms. The van der Waals surface area contributed by atoms with E-state index < -0.39 is 30.4 Å². The minimum atomic E-state index is -1.27. The first-order chi connectivity index (χ1) is 8.41. The first-order valence-corrected chi connectivity index (χ1v) is 6.73. The van der Waals surface area contributed by atoms with E-state index in [1.807, 2.05) is 6.92 Å². The summed E-state index contributed by atoms with van der Waals surface area (Å²) in [5, 5.41) is 11.2. The third-order valence-electron chi connectivity index (χ3n) is 2.63. The molecule has 1 aliphatic rings. The fourth-order valence-electron chi connectivity index (χ4n) is 1.66. The quantitative estimate of drug-likeness (QED) is 0.638. The van der Waals surface area contributed by atoms with Crippen LogP contribution in [0.1, 0.15) is 13.3 Å². The van der Waals surface area contributed by atoms with E-state index in [4.69, 9.17) is 10.8 Å². The Balaban J connectivity index is 2.59. The number of amides is 3. The molecule has 0 saturated carbocycles. The van der Waals surface area contributed by atoms with Crippen molar-refractivity contribution in [3.8, 4) is 0 Å². The number of primary amides is 1. The van der Waals surface area contributed by atoms with Crippen LogP contribution in [0, 0.1) is 0 Å². The predicted octanol–water partition coefficient (Wildman–Crippen LogP) is -0.538. The second-order valence-corrected chi connectivity index (χ2v) is 5.28. The summed E-state index contributed by atoms with van der Waals surface area (Å²) in [4.78, 5) is 35.1. The Morgan fingerprint density at radius 1 is 1.56 bits per heavy atom. The average Bonchev–Trinajstić information content (AvgIpc) is 2.27. The van der Waals surface area contributed by atoms with Crippen LogP contribution in [-0.4, -0.2) is 58.0 Å². The van der Waals surface area contributed by atoms with Gasteiger partial charge < -0.3 is 21.1 Å². The smallest absolute Gasteiger partial charge is 0.326 e. The van der Waals surface area contributed by atoms with Crippen LogP contribution in [-0.2, 0) is 9.59 Å². The standard InChI is InChI=1S/C10H17N3O4S/c1-6-5-18-3-2-13(6)10(17)12-7(9(15)16)4-8(11)14/h6-7H,2-5H2,1H3,(H2,11,14)(H,12,17)(H,15,16)/t6?,7-/m0/s1. The van der Waals surface area contributed by atoms with Crippen LogP contribution in [0.25, 0.3) is 0 Å².